The van der Waals surface area contributed by atoms with Gasteiger partial charge in [-0.3, -0.25) is 14.4 Å². The summed E-state index contributed by atoms with van der Waals surface area (Å²) in [5.41, 5.74) is 5.27. The zero-order valence-electron chi connectivity index (χ0n) is 27.3. The van der Waals surface area contributed by atoms with Gasteiger partial charge in [0, 0.05) is 12.5 Å². The van der Waals surface area contributed by atoms with Gasteiger partial charge in [-0.2, -0.15) is 0 Å². The lowest BCUT2D eigenvalue weighted by Gasteiger charge is -2.25. The van der Waals surface area contributed by atoms with Crippen molar-refractivity contribution >= 4 is 23.8 Å². The number of aliphatic hydroxyl groups is 1. The van der Waals surface area contributed by atoms with E-state index in [2.05, 4.69) is 33.4 Å². The van der Waals surface area contributed by atoms with Crippen molar-refractivity contribution in [2.75, 3.05) is 13.2 Å². The lowest BCUT2D eigenvalue weighted by molar-refractivity contribution is -0.133. The van der Waals surface area contributed by atoms with E-state index in [0.717, 1.165) is 34.2 Å². The number of carbonyl (C=O) groups is 4. The minimum absolute atomic E-state index is 0.0878. The van der Waals surface area contributed by atoms with Gasteiger partial charge in [-0.25, -0.2) is 4.79 Å². The smallest absolute Gasteiger partial charge is 0.407 e. The molecule has 1 aliphatic rings. The Hall–Kier alpha value is -4.70. The van der Waals surface area contributed by atoms with Crippen molar-refractivity contribution in [3.8, 4) is 11.1 Å². The van der Waals surface area contributed by atoms with E-state index in [1.807, 2.05) is 87.5 Å². The Morgan fingerprint density at radius 2 is 1.32 bits per heavy atom. The Labute approximate surface area is 276 Å². The van der Waals surface area contributed by atoms with Gasteiger partial charge in [0.2, 0.25) is 17.7 Å². The summed E-state index contributed by atoms with van der Waals surface area (Å²) in [6.45, 7) is 5.52. The maximum Gasteiger partial charge on any atom is 0.407 e. The summed E-state index contributed by atoms with van der Waals surface area (Å²) in [4.78, 5) is 52.6. The third-order valence-electron chi connectivity index (χ3n) is 8.26. The SMILES string of the molecule is CCCC[C@H](NC(=O)OCC1c2ccccc2-c2ccccc21)C(=O)N[C@@H](CO)C(=O)N[C@@H](CC(C)C)C(=O)NCc1ccccc1. The standard InChI is InChI=1S/C37H46N4O6/c1-4-5-19-31(41-37(46)47-23-30-28-17-11-9-15-26(28)27-16-10-12-18-29(27)30)35(44)40-33(22-42)36(45)39-32(20-24(2)3)34(43)38-21-25-13-7-6-8-14-25/h6-18,24,30-33,42H,4-5,19-23H2,1-3H3,(H,38,43)(H,39,45)(H,40,44)(H,41,46)/t31-,32-,33-/m0/s1. The number of carbonyl (C=O) groups excluding carboxylic acids is 4. The number of ether oxygens (including phenoxy) is 1. The van der Waals surface area contributed by atoms with Crippen LogP contribution in [0.3, 0.4) is 0 Å². The molecule has 10 nitrogen and oxygen atoms in total. The first kappa shape index (κ1) is 35.2. The normalized spacial score (nSPS) is 13.9. The predicted molar refractivity (Wildman–Crippen MR) is 180 cm³/mol. The largest absolute Gasteiger partial charge is 0.449 e. The highest BCUT2D eigenvalue weighted by atomic mass is 16.5. The molecule has 47 heavy (non-hydrogen) atoms. The molecule has 0 aliphatic heterocycles. The maximum absolute atomic E-state index is 13.4. The summed E-state index contributed by atoms with van der Waals surface area (Å²) in [5, 5.41) is 20.8. The van der Waals surface area contributed by atoms with Crippen LogP contribution in [0.5, 0.6) is 0 Å². The second-order valence-corrected chi connectivity index (χ2v) is 12.3. The van der Waals surface area contributed by atoms with E-state index in [0.29, 0.717) is 25.8 Å². The lowest BCUT2D eigenvalue weighted by Crippen LogP contribution is -2.58. The van der Waals surface area contributed by atoms with Gasteiger partial charge >= 0.3 is 6.09 Å². The molecule has 3 aromatic rings. The Kier molecular flexibility index (Phi) is 12.9. The van der Waals surface area contributed by atoms with Gasteiger partial charge in [0.05, 0.1) is 6.61 Å². The molecule has 1 aliphatic carbocycles. The van der Waals surface area contributed by atoms with Crippen molar-refractivity contribution in [1.29, 1.82) is 0 Å². The number of benzene rings is 3. The first-order chi connectivity index (χ1) is 22.7. The number of aliphatic hydroxyl groups excluding tert-OH is 1. The van der Waals surface area contributed by atoms with E-state index in [-0.39, 0.29) is 24.3 Å². The summed E-state index contributed by atoms with van der Waals surface area (Å²) in [6.07, 6.45) is 1.33. The summed E-state index contributed by atoms with van der Waals surface area (Å²) >= 11 is 0. The third-order valence-corrected chi connectivity index (χ3v) is 8.26. The monoisotopic (exact) mass is 642 g/mol. The highest BCUT2D eigenvalue weighted by Crippen LogP contribution is 2.44. The van der Waals surface area contributed by atoms with Gasteiger partial charge in [-0.15, -0.1) is 0 Å². The van der Waals surface area contributed by atoms with Gasteiger partial charge in [0.15, 0.2) is 0 Å². The molecule has 4 amide bonds. The van der Waals surface area contributed by atoms with Gasteiger partial charge in [0.1, 0.15) is 24.7 Å². The zero-order chi connectivity index (χ0) is 33.8. The highest BCUT2D eigenvalue weighted by Gasteiger charge is 2.32. The average Bonchev–Trinajstić information content (AvgIpc) is 3.40. The minimum Gasteiger partial charge on any atom is -0.449 e. The number of nitrogens with one attached hydrogen (secondary N) is 4. The number of rotatable bonds is 16. The van der Waals surface area contributed by atoms with Crippen LogP contribution in [0.4, 0.5) is 4.79 Å². The van der Waals surface area contributed by atoms with Gasteiger partial charge < -0.3 is 31.1 Å². The fourth-order valence-electron chi connectivity index (χ4n) is 5.81. The molecule has 0 saturated carbocycles. The molecule has 4 rings (SSSR count). The summed E-state index contributed by atoms with van der Waals surface area (Å²) in [5.74, 6) is -1.74. The van der Waals surface area contributed by atoms with Crippen LogP contribution in [-0.2, 0) is 25.7 Å². The van der Waals surface area contributed by atoms with E-state index >= 15 is 0 Å². The van der Waals surface area contributed by atoms with Crippen molar-refractivity contribution in [2.45, 2.75) is 77.0 Å². The second kappa shape index (κ2) is 17.3. The molecule has 250 valence electrons. The van der Waals surface area contributed by atoms with Crippen molar-refractivity contribution in [1.82, 2.24) is 21.3 Å². The molecule has 0 heterocycles. The van der Waals surface area contributed by atoms with E-state index in [4.69, 9.17) is 4.74 Å². The molecule has 0 saturated heterocycles. The first-order valence-electron chi connectivity index (χ1n) is 16.4. The van der Waals surface area contributed by atoms with Crippen LogP contribution in [0, 0.1) is 5.92 Å². The van der Waals surface area contributed by atoms with Gasteiger partial charge in [-0.1, -0.05) is 112 Å². The van der Waals surface area contributed by atoms with E-state index in [1.165, 1.54) is 0 Å². The number of hydrogen-bond donors (Lipinski definition) is 5. The zero-order valence-corrected chi connectivity index (χ0v) is 27.3. The van der Waals surface area contributed by atoms with Gasteiger partial charge in [-0.05, 0) is 46.6 Å². The van der Waals surface area contributed by atoms with Crippen molar-refractivity contribution in [3.63, 3.8) is 0 Å². The number of unbranched alkanes of at least 4 members (excludes halogenated alkanes) is 1. The van der Waals surface area contributed by atoms with Crippen LogP contribution in [0.25, 0.3) is 11.1 Å². The molecule has 3 aromatic carbocycles. The molecular weight excluding hydrogens is 596 g/mol. The van der Waals surface area contributed by atoms with Crippen molar-refractivity contribution < 1.29 is 29.0 Å². The molecule has 0 unspecified atom stereocenters. The van der Waals surface area contributed by atoms with Crippen LogP contribution in [0.2, 0.25) is 0 Å². The number of amides is 4. The van der Waals surface area contributed by atoms with Crippen LogP contribution < -0.4 is 21.3 Å². The molecule has 0 fully saturated rings. The quantitative estimate of drug-likeness (QED) is 0.157. The summed E-state index contributed by atoms with van der Waals surface area (Å²) in [7, 11) is 0. The number of alkyl carbamates (subject to hydrolysis) is 1. The molecule has 0 aromatic heterocycles. The Morgan fingerprint density at radius 1 is 0.745 bits per heavy atom. The minimum atomic E-state index is -1.33. The third kappa shape index (κ3) is 9.65. The van der Waals surface area contributed by atoms with E-state index in [1.54, 1.807) is 0 Å². The first-order valence-corrected chi connectivity index (χ1v) is 16.4. The molecular formula is C37H46N4O6. The fraction of sp³-hybridized carbons (Fsp3) is 0.405. The van der Waals surface area contributed by atoms with Crippen LogP contribution in [0.1, 0.15) is 69.1 Å². The molecule has 10 heteroatoms. The molecule has 0 bridgehead atoms. The van der Waals surface area contributed by atoms with Crippen molar-refractivity contribution in [3.05, 3.63) is 95.6 Å². The maximum atomic E-state index is 13.4. The molecule has 0 spiro atoms. The van der Waals surface area contributed by atoms with E-state index < -0.39 is 42.6 Å². The summed E-state index contributed by atoms with van der Waals surface area (Å²) in [6, 6.07) is 22.2. The fourth-order valence-corrected chi connectivity index (χ4v) is 5.81. The average molecular weight is 643 g/mol. The highest BCUT2D eigenvalue weighted by molar-refractivity contribution is 5.94. The molecule has 3 atom stereocenters. The lowest BCUT2D eigenvalue weighted by atomic mass is 9.98. The van der Waals surface area contributed by atoms with Crippen LogP contribution >= 0.6 is 0 Å². The van der Waals surface area contributed by atoms with Crippen molar-refractivity contribution in [2.24, 2.45) is 5.92 Å². The van der Waals surface area contributed by atoms with Crippen LogP contribution in [-0.4, -0.2) is 60.3 Å². The molecule has 0 radical (unpaired) electrons. The van der Waals surface area contributed by atoms with Gasteiger partial charge in [0.25, 0.3) is 0 Å². The Morgan fingerprint density at radius 3 is 1.91 bits per heavy atom. The second-order valence-electron chi connectivity index (χ2n) is 12.3. The molecule has 5 N–H and O–H groups in total. The van der Waals surface area contributed by atoms with E-state index in [9.17, 15) is 24.3 Å². The Bertz CT molecular complexity index is 1470. The predicted octanol–water partition coefficient (Wildman–Crippen LogP) is 4.41. The number of hydrogen-bond acceptors (Lipinski definition) is 6. The van der Waals surface area contributed by atoms with Crippen LogP contribution in [0.15, 0.2) is 78.9 Å². The number of fused-ring (bicyclic) bond motifs is 3. The topological polar surface area (TPSA) is 146 Å². The Balaban J connectivity index is 1.35. The summed E-state index contributed by atoms with van der Waals surface area (Å²) < 4.78 is 5.65.